The topological polar surface area (TPSA) is 115 Å². The van der Waals surface area contributed by atoms with Gasteiger partial charge in [0.1, 0.15) is 17.4 Å². The Labute approximate surface area is 228 Å². The molecular weight excluding hydrogens is 498 g/mol. The van der Waals surface area contributed by atoms with Gasteiger partial charge >= 0.3 is 5.97 Å². The number of carbonyl (C=O) groups excluding carboxylic acids is 2. The number of hydrogen-bond donors (Lipinski definition) is 3. The van der Waals surface area contributed by atoms with Crippen molar-refractivity contribution in [2.45, 2.75) is 76.5 Å². The number of rotatable bonds is 12. The molecule has 1 heterocycles. The maximum absolute atomic E-state index is 13.1. The predicted octanol–water partition coefficient (Wildman–Crippen LogP) is 5.22. The number of phenolic OH excluding ortho intramolecular Hbond substituents is 1. The highest BCUT2D eigenvalue weighted by Gasteiger charge is 2.24. The Hall–Kier alpha value is -3.23. The second-order valence-corrected chi connectivity index (χ2v) is 11.0. The SMILES string of the molecule is NC(Cc1ccc(O)cc1)C(=O)NC(CCC(=O)OCc1ccccc1)c1nc(CC2CCCCC2)cs1. The number of nitrogens with two attached hydrogens (primary N) is 1. The van der Waals surface area contributed by atoms with Gasteiger partial charge in [-0.3, -0.25) is 9.59 Å². The molecule has 202 valence electrons. The van der Waals surface area contributed by atoms with Crippen molar-refractivity contribution in [3.63, 3.8) is 0 Å². The van der Waals surface area contributed by atoms with Crippen LogP contribution in [0.1, 0.15) is 72.8 Å². The molecule has 2 aromatic carbocycles. The average molecular weight is 536 g/mol. The summed E-state index contributed by atoms with van der Waals surface area (Å²) in [4.78, 5) is 30.4. The molecule has 0 bridgehead atoms. The van der Waals surface area contributed by atoms with Crippen LogP contribution in [0.2, 0.25) is 0 Å². The van der Waals surface area contributed by atoms with E-state index in [4.69, 9.17) is 15.5 Å². The van der Waals surface area contributed by atoms with E-state index in [0.717, 1.165) is 28.2 Å². The molecule has 38 heavy (non-hydrogen) atoms. The van der Waals surface area contributed by atoms with E-state index >= 15 is 0 Å². The molecule has 8 heteroatoms. The van der Waals surface area contributed by atoms with E-state index in [1.54, 1.807) is 24.3 Å². The molecule has 2 unspecified atom stereocenters. The van der Waals surface area contributed by atoms with E-state index in [-0.39, 0.29) is 30.7 Å². The molecule has 1 aliphatic rings. The number of carbonyl (C=O) groups is 2. The highest BCUT2D eigenvalue weighted by atomic mass is 32.1. The Balaban J connectivity index is 1.38. The van der Waals surface area contributed by atoms with Crippen LogP contribution in [0.25, 0.3) is 0 Å². The van der Waals surface area contributed by atoms with Crippen molar-refractivity contribution in [2.75, 3.05) is 0 Å². The number of aromatic hydroxyl groups is 1. The van der Waals surface area contributed by atoms with E-state index in [1.807, 2.05) is 30.3 Å². The van der Waals surface area contributed by atoms with Crippen LogP contribution >= 0.6 is 11.3 Å². The number of phenols is 1. The zero-order valence-corrected chi connectivity index (χ0v) is 22.5. The van der Waals surface area contributed by atoms with E-state index in [9.17, 15) is 14.7 Å². The second kappa shape index (κ2) is 14.1. The molecule has 1 aromatic heterocycles. The lowest BCUT2D eigenvalue weighted by molar-refractivity contribution is -0.145. The van der Waals surface area contributed by atoms with Crippen LogP contribution in [0.5, 0.6) is 5.75 Å². The van der Waals surface area contributed by atoms with E-state index < -0.39 is 12.1 Å². The first-order valence-corrected chi connectivity index (χ1v) is 14.3. The smallest absolute Gasteiger partial charge is 0.306 e. The van der Waals surface area contributed by atoms with Gasteiger partial charge in [0.05, 0.1) is 17.8 Å². The summed E-state index contributed by atoms with van der Waals surface area (Å²) in [5.41, 5.74) is 9.07. The number of nitrogens with one attached hydrogen (secondary N) is 1. The zero-order valence-electron chi connectivity index (χ0n) is 21.7. The number of nitrogens with zero attached hydrogens (tertiary/aromatic N) is 1. The van der Waals surface area contributed by atoms with E-state index in [2.05, 4.69) is 10.7 Å². The molecular formula is C30H37N3O4S. The van der Waals surface area contributed by atoms with Crippen molar-refractivity contribution in [2.24, 2.45) is 11.7 Å². The molecule has 0 radical (unpaired) electrons. The lowest BCUT2D eigenvalue weighted by Crippen LogP contribution is -2.43. The van der Waals surface area contributed by atoms with Gasteiger partial charge in [0.25, 0.3) is 0 Å². The highest BCUT2D eigenvalue weighted by Crippen LogP contribution is 2.29. The Morgan fingerprint density at radius 2 is 1.79 bits per heavy atom. The Morgan fingerprint density at radius 1 is 1.05 bits per heavy atom. The number of aromatic nitrogens is 1. The number of ether oxygens (including phenoxy) is 1. The van der Waals surface area contributed by atoms with Crippen LogP contribution in [-0.2, 0) is 33.8 Å². The summed E-state index contributed by atoms with van der Waals surface area (Å²) < 4.78 is 5.45. The third-order valence-corrected chi connectivity index (χ3v) is 8.02. The van der Waals surface area contributed by atoms with Crippen LogP contribution in [0.3, 0.4) is 0 Å². The third kappa shape index (κ3) is 8.67. The largest absolute Gasteiger partial charge is 0.508 e. The first-order chi connectivity index (χ1) is 18.5. The lowest BCUT2D eigenvalue weighted by Gasteiger charge is -2.21. The summed E-state index contributed by atoms with van der Waals surface area (Å²) in [6.45, 7) is 0.219. The molecule has 1 amide bonds. The predicted molar refractivity (Wildman–Crippen MR) is 149 cm³/mol. The standard InChI is InChI=1S/C30H37N3O4S/c31-26(18-22-11-13-25(34)14-12-22)29(36)33-27(15-16-28(35)37-19-23-9-5-2-6-10-23)30-32-24(20-38-30)17-21-7-3-1-4-8-21/h2,5-6,9-14,20-21,26-27,34H,1,3-4,7-8,15-19,31H2,(H,33,36). The van der Waals surface area contributed by atoms with Crippen LogP contribution in [-0.4, -0.2) is 28.0 Å². The maximum atomic E-state index is 13.1. The van der Waals surface area contributed by atoms with Gasteiger partial charge in [-0.2, -0.15) is 0 Å². The van der Waals surface area contributed by atoms with Crippen molar-refractivity contribution < 1.29 is 19.4 Å². The number of benzene rings is 2. The quantitative estimate of drug-likeness (QED) is 0.274. The van der Waals surface area contributed by atoms with Crippen LogP contribution < -0.4 is 11.1 Å². The maximum Gasteiger partial charge on any atom is 0.306 e. The number of esters is 1. The summed E-state index contributed by atoms with van der Waals surface area (Å²) >= 11 is 1.52. The number of hydrogen-bond acceptors (Lipinski definition) is 7. The monoisotopic (exact) mass is 535 g/mol. The molecule has 0 aliphatic heterocycles. The first kappa shape index (κ1) is 27.8. The molecule has 2 atom stereocenters. The first-order valence-electron chi connectivity index (χ1n) is 13.4. The van der Waals surface area contributed by atoms with Gasteiger partial charge < -0.3 is 20.9 Å². The molecule has 4 rings (SSSR count). The minimum absolute atomic E-state index is 0.155. The van der Waals surface area contributed by atoms with Crippen LogP contribution in [0, 0.1) is 5.92 Å². The minimum atomic E-state index is -0.770. The Kier molecular flexibility index (Phi) is 10.3. The number of amides is 1. The summed E-state index contributed by atoms with van der Waals surface area (Å²) in [5.74, 6) is 0.211. The molecule has 1 aliphatic carbocycles. The fraction of sp³-hybridized carbons (Fsp3) is 0.433. The van der Waals surface area contributed by atoms with Gasteiger partial charge in [0, 0.05) is 11.8 Å². The molecule has 0 spiro atoms. The summed E-state index contributed by atoms with van der Waals surface area (Å²) in [7, 11) is 0. The van der Waals surface area contributed by atoms with Gasteiger partial charge in [-0.1, -0.05) is 74.6 Å². The van der Waals surface area contributed by atoms with Crippen molar-refractivity contribution in [3.05, 3.63) is 81.8 Å². The minimum Gasteiger partial charge on any atom is -0.508 e. The van der Waals surface area contributed by atoms with Crippen molar-refractivity contribution in [1.29, 1.82) is 0 Å². The van der Waals surface area contributed by atoms with Crippen molar-refractivity contribution >= 4 is 23.2 Å². The lowest BCUT2D eigenvalue weighted by atomic mass is 9.86. The van der Waals surface area contributed by atoms with Crippen LogP contribution in [0.15, 0.2) is 60.0 Å². The van der Waals surface area contributed by atoms with E-state index in [0.29, 0.717) is 18.8 Å². The molecule has 1 saturated carbocycles. The fourth-order valence-electron chi connectivity index (χ4n) is 4.85. The molecule has 3 aromatic rings. The van der Waals surface area contributed by atoms with Gasteiger partial charge in [0.15, 0.2) is 0 Å². The van der Waals surface area contributed by atoms with E-state index in [1.165, 1.54) is 43.4 Å². The van der Waals surface area contributed by atoms with Gasteiger partial charge in [0.2, 0.25) is 5.91 Å². The summed E-state index contributed by atoms with van der Waals surface area (Å²) in [5, 5.41) is 15.4. The zero-order chi connectivity index (χ0) is 26.7. The molecule has 4 N–H and O–H groups in total. The molecule has 1 fully saturated rings. The Bertz CT molecular complexity index is 1160. The fourth-order valence-corrected chi connectivity index (χ4v) is 5.77. The van der Waals surface area contributed by atoms with Crippen molar-refractivity contribution in [1.82, 2.24) is 10.3 Å². The average Bonchev–Trinajstić information content (AvgIpc) is 3.40. The molecule has 0 saturated heterocycles. The second-order valence-electron chi connectivity index (χ2n) is 10.1. The summed E-state index contributed by atoms with van der Waals surface area (Å²) in [6.07, 6.45) is 8.19. The van der Waals surface area contributed by atoms with Crippen LogP contribution in [0.4, 0.5) is 0 Å². The molecule has 7 nitrogen and oxygen atoms in total. The third-order valence-electron chi connectivity index (χ3n) is 7.02. The highest BCUT2D eigenvalue weighted by molar-refractivity contribution is 7.09. The van der Waals surface area contributed by atoms with Gasteiger partial charge in [-0.25, -0.2) is 4.98 Å². The van der Waals surface area contributed by atoms with Gasteiger partial charge in [-0.15, -0.1) is 11.3 Å². The van der Waals surface area contributed by atoms with Gasteiger partial charge in [-0.05, 0) is 48.4 Å². The normalized spacial score (nSPS) is 15.5. The summed E-state index contributed by atoms with van der Waals surface area (Å²) in [6, 6.07) is 15.0. The Morgan fingerprint density at radius 3 is 2.53 bits per heavy atom. The van der Waals surface area contributed by atoms with Crippen molar-refractivity contribution in [3.8, 4) is 5.75 Å². The number of thiazole rings is 1.